The Morgan fingerprint density at radius 3 is 2.07 bits per heavy atom. The molecule has 15 heavy (non-hydrogen) atoms. The van der Waals surface area contributed by atoms with Gasteiger partial charge in [0.05, 0.1) is 0 Å². The molecule has 0 rings (SSSR count). The molecule has 0 heterocycles. The van der Waals surface area contributed by atoms with E-state index in [1.54, 1.807) is 0 Å². The molecule has 0 atom stereocenters. The molecule has 0 aromatic heterocycles. The zero-order chi connectivity index (χ0) is 11.4. The van der Waals surface area contributed by atoms with Crippen LogP contribution in [0.2, 0.25) is 0 Å². The maximum atomic E-state index is 3.45. The van der Waals surface area contributed by atoms with Crippen molar-refractivity contribution in [3.05, 3.63) is 0 Å². The second-order valence-corrected chi connectivity index (χ2v) is 4.19. The second kappa shape index (κ2) is 12.0. The molecule has 0 unspecified atom stereocenters. The Hall–Kier alpha value is -0.0800. The van der Waals surface area contributed by atoms with Crippen molar-refractivity contribution in [1.82, 2.24) is 10.2 Å². The van der Waals surface area contributed by atoms with Crippen LogP contribution in [0.15, 0.2) is 0 Å². The van der Waals surface area contributed by atoms with Crippen molar-refractivity contribution in [2.45, 2.75) is 52.9 Å². The molecule has 0 aliphatic heterocycles. The van der Waals surface area contributed by atoms with E-state index < -0.39 is 0 Å². The van der Waals surface area contributed by atoms with Gasteiger partial charge in [0, 0.05) is 0 Å². The Kier molecular flexibility index (Phi) is 11.9. The lowest BCUT2D eigenvalue weighted by Crippen LogP contribution is -2.23. The van der Waals surface area contributed by atoms with Crippen LogP contribution >= 0.6 is 0 Å². The lowest BCUT2D eigenvalue weighted by atomic mass is 10.2. The lowest BCUT2D eigenvalue weighted by molar-refractivity contribution is 0.295. The molecule has 0 saturated carbocycles. The SMILES string of the molecule is CCCNCCCCCCN(CC)CC. The average molecular weight is 214 g/mol. The summed E-state index contributed by atoms with van der Waals surface area (Å²) >= 11 is 0. The van der Waals surface area contributed by atoms with Crippen molar-refractivity contribution in [1.29, 1.82) is 0 Å². The second-order valence-electron chi connectivity index (χ2n) is 4.19. The third kappa shape index (κ3) is 10.2. The molecule has 0 aliphatic rings. The first kappa shape index (κ1) is 14.9. The Labute approximate surface area is 96.4 Å². The molecule has 0 bridgehead atoms. The minimum atomic E-state index is 1.18. The molecule has 0 aliphatic carbocycles. The van der Waals surface area contributed by atoms with Crippen molar-refractivity contribution in [2.75, 3.05) is 32.7 Å². The van der Waals surface area contributed by atoms with Crippen molar-refractivity contribution in [3.8, 4) is 0 Å². The molecule has 92 valence electrons. The summed E-state index contributed by atoms with van der Waals surface area (Å²) in [6.07, 6.45) is 6.75. The molecule has 0 amide bonds. The summed E-state index contributed by atoms with van der Waals surface area (Å²) in [5.41, 5.74) is 0. The van der Waals surface area contributed by atoms with Crippen LogP contribution in [-0.4, -0.2) is 37.6 Å². The number of rotatable bonds is 11. The minimum absolute atomic E-state index is 1.18. The van der Waals surface area contributed by atoms with Gasteiger partial charge in [-0.1, -0.05) is 33.6 Å². The van der Waals surface area contributed by atoms with E-state index in [2.05, 4.69) is 31.0 Å². The number of nitrogens with one attached hydrogen (secondary N) is 1. The van der Waals surface area contributed by atoms with Gasteiger partial charge in [0.2, 0.25) is 0 Å². The zero-order valence-corrected chi connectivity index (χ0v) is 11.0. The Morgan fingerprint density at radius 2 is 1.47 bits per heavy atom. The number of unbranched alkanes of at least 4 members (excludes halogenated alkanes) is 3. The molecule has 0 aromatic rings. The Morgan fingerprint density at radius 1 is 0.800 bits per heavy atom. The van der Waals surface area contributed by atoms with Crippen LogP contribution in [-0.2, 0) is 0 Å². The summed E-state index contributed by atoms with van der Waals surface area (Å²) in [5, 5.41) is 3.45. The Balaban J connectivity index is 3.04. The zero-order valence-electron chi connectivity index (χ0n) is 11.0. The Bertz CT molecular complexity index is 111. The van der Waals surface area contributed by atoms with Crippen LogP contribution in [0.4, 0.5) is 0 Å². The lowest BCUT2D eigenvalue weighted by Gasteiger charge is -2.17. The molecule has 2 nitrogen and oxygen atoms in total. The maximum Gasteiger partial charge on any atom is -0.00190 e. The minimum Gasteiger partial charge on any atom is -0.317 e. The third-order valence-corrected chi connectivity index (χ3v) is 2.90. The van der Waals surface area contributed by atoms with Gasteiger partial charge in [-0.05, 0) is 52.0 Å². The average Bonchev–Trinajstić information content (AvgIpc) is 2.27. The van der Waals surface area contributed by atoms with E-state index in [0.717, 1.165) is 0 Å². The highest BCUT2D eigenvalue weighted by atomic mass is 15.1. The molecule has 0 spiro atoms. The van der Waals surface area contributed by atoms with Crippen LogP contribution in [0.5, 0.6) is 0 Å². The van der Waals surface area contributed by atoms with Gasteiger partial charge in [0.15, 0.2) is 0 Å². The molecule has 0 saturated heterocycles. The first-order valence-corrected chi connectivity index (χ1v) is 6.78. The molecular weight excluding hydrogens is 184 g/mol. The summed E-state index contributed by atoms with van der Waals surface area (Å²) in [6.45, 7) is 12.8. The fourth-order valence-electron chi connectivity index (χ4n) is 1.78. The van der Waals surface area contributed by atoms with E-state index in [-0.39, 0.29) is 0 Å². The van der Waals surface area contributed by atoms with Gasteiger partial charge < -0.3 is 10.2 Å². The van der Waals surface area contributed by atoms with Crippen LogP contribution in [0.3, 0.4) is 0 Å². The van der Waals surface area contributed by atoms with Crippen LogP contribution in [0.1, 0.15) is 52.9 Å². The predicted molar refractivity (Wildman–Crippen MR) is 69.4 cm³/mol. The number of hydrogen-bond donors (Lipinski definition) is 1. The fourth-order valence-corrected chi connectivity index (χ4v) is 1.78. The van der Waals surface area contributed by atoms with Gasteiger partial charge in [-0.25, -0.2) is 0 Å². The summed E-state index contributed by atoms with van der Waals surface area (Å²) in [5.74, 6) is 0. The summed E-state index contributed by atoms with van der Waals surface area (Å²) in [7, 11) is 0. The van der Waals surface area contributed by atoms with Crippen molar-refractivity contribution in [2.24, 2.45) is 0 Å². The first-order chi connectivity index (χ1) is 7.35. The smallest absolute Gasteiger partial charge is 0.00190 e. The van der Waals surface area contributed by atoms with E-state index in [4.69, 9.17) is 0 Å². The van der Waals surface area contributed by atoms with E-state index >= 15 is 0 Å². The highest BCUT2D eigenvalue weighted by Gasteiger charge is 1.97. The van der Waals surface area contributed by atoms with E-state index in [1.807, 2.05) is 0 Å². The quantitative estimate of drug-likeness (QED) is 0.532. The molecule has 0 fully saturated rings. The van der Waals surface area contributed by atoms with Crippen LogP contribution in [0.25, 0.3) is 0 Å². The van der Waals surface area contributed by atoms with E-state index in [0.29, 0.717) is 0 Å². The molecular formula is C13H30N2. The largest absolute Gasteiger partial charge is 0.317 e. The third-order valence-electron chi connectivity index (χ3n) is 2.90. The van der Waals surface area contributed by atoms with Crippen LogP contribution < -0.4 is 5.32 Å². The highest BCUT2D eigenvalue weighted by molar-refractivity contribution is 4.54. The van der Waals surface area contributed by atoms with Crippen molar-refractivity contribution in [3.63, 3.8) is 0 Å². The van der Waals surface area contributed by atoms with Gasteiger partial charge in [-0.3, -0.25) is 0 Å². The van der Waals surface area contributed by atoms with Gasteiger partial charge in [-0.15, -0.1) is 0 Å². The predicted octanol–water partition coefficient (Wildman–Crippen LogP) is 2.89. The molecule has 2 heteroatoms. The molecule has 1 N–H and O–H groups in total. The monoisotopic (exact) mass is 214 g/mol. The van der Waals surface area contributed by atoms with Gasteiger partial charge in [0.25, 0.3) is 0 Å². The van der Waals surface area contributed by atoms with Gasteiger partial charge in [-0.2, -0.15) is 0 Å². The van der Waals surface area contributed by atoms with Crippen molar-refractivity contribution < 1.29 is 0 Å². The topological polar surface area (TPSA) is 15.3 Å². The standard InChI is InChI=1S/C13H30N2/c1-4-11-14-12-9-7-8-10-13-15(5-2)6-3/h14H,4-13H2,1-3H3. The van der Waals surface area contributed by atoms with Gasteiger partial charge in [0.1, 0.15) is 0 Å². The number of hydrogen-bond acceptors (Lipinski definition) is 2. The summed E-state index contributed by atoms with van der Waals surface area (Å²) < 4.78 is 0. The normalized spacial score (nSPS) is 11.2. The maximum absolute atomic E-state index is 3.45. The van der Waals surface area contributed by atoms with Crippen LogP contribution in [0, 0.1) is 0 Å². The highest BCUT2D eigenvalue weighted by Crippen LogP contribution is 2.01. The van der Waals surface area contributed by atoms with E-state index in [9.17, 15) is 0 Å². The molecule has 0 aromatic carbocycles. The molecule has 0 radical (unpaired) electrons. The van der Waals surface area contributed by atoms with Crippen molar-refractivity contribution >= 4 is 0 Å². The number of nitrogens with zero attached hydrogens (tertiary/aromatic N) is 1. The first-order valence-electron chi connectivity index (χ1n) is 6.78. The summed E-state index contributed by atoms with van der Waals surface area (Å²) in [4.78, 5) is 2.51. The fraction of sp³-hybridized carbons (Fsp3) is 1.00. The van der Waals surface area contributed by atoms with Gasteiger partial charge >= 0.3 is 0 Å². The summed E-state index contributed by atoms with van der Waals surface area (Å²) in [6, 6.07) is 0. The van der Waals surface area contributed by atoms with E-state index in [1.165, 1.54) is 64.8 Å².